The molecule has 4 heteroatoms. The van der Waals surface area contributed by atoms with Gasteiger partial charge in [0.15, 0.2) is 0 Å². The molecule has 2 rings (SSSR count). The highest BCUT2D eigenvalue weighted by Crippen LogP contribution is 2.33. The summed E-state index contributed by atoms with van der Waals surface area (Å²) >= 11 is 1.83. The molecule has 110 valence electrons. The van der Waals surface area contributed by atoms with Crippen molar-refractivity contribution in [1.29, 1.82) is 0 Å². The van der Waals surface area contributed by atoms with Gasteiger partial charge in [-0.25, -0.2) is 0 Å². The van der Waals surface area contributed by atoms with E-state index in [2.05, 4.69) is 36.8 Å². The maximum atomic E-state index is 12.4. The normalized spacial score (nSPS) is 27.9. The van der Waals surface area contributed by atoms with Crippen molar-refractivity contribution in [2.75, 3.05) is 25.1 Å². The van der Waals surface area contributed by atoms with Gasteiger partial charge in [-0.15, -0.1) is 0 Å². The first kappa shape index (κ1) is 15.2. The van der Waals surface area contributed by atoms with Crippen molar-refractivity contribution >= 4 is 17.7 Å². The van der Waals surface area contributed by atoms with Gasteiger partial charge in [0.2, 0.25) is 5.91 Å². The highest BCUT2D eigenvalue weighted by molar-refractivity contribution is 7.98. The molecular weight excluding hydrogens is 256 g/mol. The van der Waals surface area contributed by atoms with E-state index in [0.29, 0.717) is 18.0 Å². The minimum atomic E-state index is 0.231. The Bertz CT molecular complexity index is 313. The van der Waals surface area contributed by atoms with Crippen LogP contribution in [0.25, 0.3) is 0 Å². The Kier molecular flexibility index (Phi) is 4.83. The summed E-state index contributed by atoms with van der Waals surface area (Å²) in [4.78, 5) is 17.2. The first-order valence-corrected chi connectivity index (χ1v) is 8.88. The number of thioether (sulfide) groups is 1. The fraction of sp³-hybridized carbons (Fsp3) is 0.933. The van der Waals surface area contributed by atoms with E-state index in [1.165, 1.54) is 12.8 Å². The zero-order chi connectivity index (χ0) is 14.0. The van der Waals surface area contributed by atoms with Crippen LogP contribution in [0.5, 0.6) is 0 Å². The number of amides is 1. The number of fused-ring (bicyclic) bond motifs is 2. The van der Waals surface area contributed by atoms with Crippen molar-refractivity contribution in [3.8, 4) is 0 Å². The number of carbonyl (C=O) groups excluding carboxylic acids is 1. The number of piperazine rings is 1. The second-order valence-corrected chi connectivity index (χ2v) is 7.84. The largest absolute Gasteiger partial charge is 0.334 e. The van der Waals surface area contributed by atoms with E-state index in [4.69, 9.17) is 0 Å². The van der Waals surface area contributed by atoms with Crippen molar-refractivity contribution in [3.05, 3.63) is 0 Å². The molecule has 2 unspecified atom stereocenters. The van der Waals surface area contributed by atoms with Crippen LogP contribution in [-0.4, -0.2) is 58.4 Å². The third-order valence-corrected chi connectivity index (χ3v) is 5.15. The molecule has 0 spiro atoms. The lowest BCUT2D eigenvalue weighted by molar-refractivity contribution is -0.138. The van der Waals surface area contributed by atoms with E-state index in [1.54, 1.807) is 0 Å². The lowest BCUT2D eigenvalue weighted by atomic mass is 10.0. The van der Waals surface area contributed by atoms with Gasteiger partial charge in [0.1, 0.15) is 0 Å². The van der Waals surface area contributed by atoms with E-state index >= 15 is 0 Å². The minimum absolute atomic E-state index is 0.231. The molecule has 2 fully saturated rings. The smallest absolute Gasteiger partial charge is 0.223 e. The molecule has 2 aliphatic heterocycles. The number of nitrogens with zero attached hydrogens (tertiary/aromatic N) is 2. The summed E-state index contributed by atoms with van der Waals surface area (Å²) in [6, 6.07) is 0.944. The average molecular weight is 284 g/mol. The highest BCUT2D eigenvalue weighted by Gasteiger charge is 2.44. The first-order valence-electron chi connectivity index (χ1n) is 7.48. The van der Waals surface area contributed by atoms with Crippen molar-refractivity contribution < 1.29 is 4.79 Å². The molecule has 0 aromatic rings. The third kappa shape index (κ3) is 3.46. The molecule has 2 heterocycles. The molecule has 2 atom stereocenters. The fourth-order valence-electron chi connectivity index (χ4n) is 3.35. The molecule has 2 bridgehead atoms. The quantitative estimate of drug-likeness (QED) is 0.741. The van der Waals surface area contributed by atoms with Crippen LogP contribution >= 0.6 is 11.8 Å². The molecule has 1 amide bonds. The molecule has 0 aromatic heterocycles. The van der Waals surface area contributed by atoms with Gasteiger partial charge in [0, 0.05) is 37.1 Å². The van der Waals surface area contributed by atoms with E-state index in [9.17, 15) is 4.79 Å². The summed E-state index contributed by atoms with van der Waals surface area (Å²) in [6.07, 6.45) is 6.27. The van der Waals surface area contributed by atoms with Gasteiger partial charge in [-0.05, 0) is 52.0 Å². The van der Waals surface area contributed by atoms with Gasteiger partial charge in [-0.3, -0.25) is 9.69 Å². The van der Waals surface area contributed by atoms with Gasteiger partial charge < -0.3 is 4.90 Å². The number of rotatable bonds is 4. The Hall–Kier alpha value is -0.220. The molecule has 0 saturated carbocycles. The van der Waals surface area contributed by atoms with Gasteiger partial charge >= 0.3 is 0 Å². The molecule has 19 heavy (non-hydrogen) atoms. The lowest BCUT2D eigenvalue weighted by Crippen LogP contribution is -2.60. The van der Waals surface area contributed by atoms with Crippen LogP contribution < -0.4 is 0 Å². The molecule has 2 saturated heterocycles. The van der Waals surface area contributed by atoms with Crippen LogP contribution in [0.15, 0.2) is 0 Å². The Morgan fingerprint density at radius 2 is 1.79 bits per heavy atom. The average Bonchev–Trinajstić information content (AvgIpc) is 2.58. The first-order chi connectivity index (χ1) is 8.93. The van der Waals surface area contributed by atoms with E-state index in [1.807, 2.05) is 11.8 Å². The van der Waals surface area contributed by atoms with Gasteiger partial charge in [-0.1, -0.05) is 0 Å². The van der Waals surface area contributed by atoms with Crippen molar-refractivity contribution in [2.24, 2.45) is 0 Å². The fourth-order valence-corrected chi connectivity index (χ4v) is 3.79. The predicted octanol–water partition coefficient (Wildman–Crippen LogP) is 2.60. The highest BCUT2D eigenvalue weighted by atomic mass is 32.2. The summed E-state index contributed by atoms with van der Waals surface area (Å²) in [5.41, 5.74) is 0.231. The monoisotopic (exact) mass is 284 g/mol. The Morgan fingerprint density at radius 3 is 2.26 bits per heavy atom. The third-order valence-electron chi connectivity index (χ3n) is 4.46. The zero-order valence-corrected chi connectivity index (χ0v) is 13.6. The van der Waals surface area contributed by atoms with Gasteiger partial charge in [0.25, 0.3) is 0 Å². The van der Waals surface area contributed by atoms with Crippen LogP contribution in [-0.2, 0) is 4.79 Å². The number of hydrogen-bond acceptors (Lipinski definition) is 3. The number of carbonyl (C=O) groups is 1. The molecule has 3 nitrogen and oxygen atoms in total. The van der Waals surface area contributed by atoms with Crippen molar-refractivity contribution in [1.82, 2.24) is 9.80 Å². The second kappa shape index (κ2) is 6.04. The van der Waals surface area contributed by atoms with Crippen LogP contribution in [0.4, 0.5) is 0 Å². The molecule has 0 radical (unpaired) electrons. The summed E-state index contributed by atoms with van der Waals surface area (Å²) in [5.74, 6) is 1.50. The number of hydrogen-bond donors (Lipinski definition) is 0. The second-order valence-electron chi connectivity index (χ2n) is 6.86. The molecule has 0 aliphatic carbocycles. The molecule has 2 aliphatic rings. The standard InChI is InChI=1S/C15H28N2OS/c1-15(2,3)16-10-12-7-8-13(11-16)17(12)14(18)6-5-9-19-4/h12-13H,5-11H2,1-4H3. The summed E-state index contributed by atoms with van der Waals surface area (Å²) in [7, 11) is 0. The zero-order valence-electron chi connectivity index (χ0n) is 12.8. The van der Waals surface area contributed by atoms with Crippen LogP contribution in [0, 0.1) is 0 Å². The SMILES string of the molecule is CSCCCC(=O)N1C2CCC1CN(C(C)(C)C)C2. The molecular formula is C15H28N2OS. The predicted molar refractivity (Wildman–Crippen MR) is 82.6 cm³/mol. The van der Waals surface area contributed by atoms with Crippen molar-refractivity contribution in [3.63, 3.8) is 0 Å². The van der Waals surface area contributed by atoms with Crippen molar-refractivity contribution in [2.45, 2.75) is 64.1 Å². The summed E-state index contributed by atoms with van der Waals surface area (Å²) in [5, 5.41) is 0. The Labute approximate surface area is 122 Å². The summed E-state index contributed by atoms with van der Waals surface area (Å²) < 4.78 is 0. The Morgan fingerprint density at radius 1 is 1.21 bits per heavy atom. The molecule has 0 N–H and O–H groups in total. The van der Waals surface area contributed by atoms with Gasteiger partial charge in [-0.2, -0.15) is 11.8 Å². The number of likely N-dealkylation sites (tertiary alicyclic amines) is 1. The molecule has 0 aromatic carbocycles. The maximum absolute atomic E-state index is 12.4. The van der Waals surface area contributed by atoms with Crippen LogP contribution in [0.1, 0.15) is 46.5 Å². The van der Waals surface area contributed by atoms with Gasteiger partial charge in [0.05, 0.1) is 0 Å². The van der Waals surface area contributed by atoms with E-state index in [-0.39, 0.29) is 5.54 Å². The van der Waals surface area contributed by atoms with Crippen LogP contribution in [0.3, 0.4) is 0 Å². The maximum Gasteiger partial charge on any atom is 0.223 e. The topological polar surface area (TPSA) is 23.6 Å². The Balaban J connectivity index is 1.93. The van der Waals surface area contributed by atoms with Crippen LogP contribution in [0.2, 0.25) is 0 Å². The summed E-state index contributed by atoms with van der Waals surface area (Å²) in [6.45, 7) is 8.97. The van der Waals surface area contributed by atoms with E-state index < -0.39 is 0 Å². The lowest BCUT2D eigenvalue weighted by Gasteiger charge is -2.46. The minimum Gasteiger partial charge on any atom is -0.334 e. The van der Waals surface area contributed by atoms with E-state index in [0.717, 1.165) is 31.7 Å².